The van der Waals surface area contributed by atoms with E-state index in [1.807, 2.05) is 35.2 Å². The molecule has 0 unspecified atom stereocenters. The third-order valence-corrected chi connectivity index (χ3v) is 5.65. The summed E-state index contributed by atoms with van der Waals surface area (Å²) < 4.78 is 5.78. The molecule has 0 spiro atoms. The van der Waals surface area contributed by atoms with Crippen LogP contribution in [0, 0.1) is 0 Å². The van der Waals surface area contributed by atoms with Gasteiger partial charge in [-0.05, 0) is 68.5 Å². The van der Waals surface area contributed by atoms with E-state index in [9.17, 15) is 4.79 Å². The number of piperidine rings is 1. The Labute approximate surface area is 167 Å². The molecule has 0 radical (unpaired) electrons. The Balaban J connectivity index is 1.48. The highest BCUT2D eigenvalue weighted by Crippen LogP contribution is 2.22. The third kappa shape index (κ3) is 4.71. The monoisotopic (exact) mass is 379 g/mol. The van der Waals surface area contributed by atoms with Gasteiger partial charge in [-0.25, -0.2) is 0 Å². The Morgan fingerprint density at radius 2 is 1.89 bits per heavy atom. The summed E-state index contributed by atoms with van der Waals surface area (Å²) in [5.74, 6) is 0.0475. The van der Waals surface area contributed by atoms with E-state index in [2.05, 4.69) is 22.0 Å². The number of carbonyl (C=O) groups excluding carboxylic acids is 1. The second-order valence-electron chi connectivity index (χ2n) is 7.74. The molecule has 1 aromatic heterocycles. The van der Waals surface area contributed by atoms with Crippen molar-refractivity contribution >= 4 is 11.6 Å². The summed E-state index contributed by atoms with van der Waals surface area (Å²) in [4.78, 5) is 22.0. The molecule has 2 saturated heterocycles. The van der Waals surface area contributed by atoms with Crippen LogP contribution in [0.25, 0.3) is 0 Å². The number of nitrogens with zero attached hydrogens (tertiary/aromatic N) is 3. The van der Waals surface area contributed by atoms with Crippen molar-refractivity contribution in [2.75, 3.05) is 31.1 Å². The number of rotatable bonds is 6. The van der Waals surface area contributed by atoms with Crippen LogP contribution in [0.4, 0.5) is 5.69 Å². The van der Waals surface area contributed by atoms with Crippen LogP contribution in [0.15, 0.2) is 48.7 Å². The first kappa shape index (κ1) is 18.9. The second kappa shape index (κ2) is 9.20. The first-order chi connectivity index (χ1) is 13.8. The lowest BCUT2D eigenvalue weighted by atomic mass is 10.1. The number of carbonyl (C=O) groups is 1. The molecule has 2 aliphatic heterocycles. The first-order valence-corrected chi connectivity index (χ1v) is 10.5. The van der Waals surface area contributed by atoms with Crippen molar-refractivity contribution < 1.29 is 9.53 Å². The van der Waals surface area contributed by atoms with Gasteiger partial charge in [0.25, 0.3) is 5.91 Å². The summed E-state index contributed by atoms with van der Waals surface area (Å²) in [6, 6.07) is 13.9. The Hall–Kier alpha value is -2.40. The van der Waals surface area contributed by atoms with Gasteiger partial charge in [-0.2, -0.15) is 0 Å². The molecule has 28 heavy (non-hydrogen) atoms. The molecule has 2 fully saturated rings. The van der Waals surface area contributed by atoms with Crippen molar-refractivity contribution in [2.45, 2.75) is 44.8 Å². The lowest BCUT2D eigenvalue weighted by Gasteiger charge is -2.29. The molecule has 1 atom stereocenters. The minimum Gasteiger partial charge on any atom is -0.376 e. The normalized spacial score (nSPS) is 19.6. The molecule has 0 bridgehead atoms. The van der Waals surface area contributed by atoms with Gasteiger partial charge < -0.3 is 14.5 Å². The molecule has 1 amide bonds. The van der Waals surface area contributed by atoms with E-state index >= 15 is 0 Å². The molecule has 3 heterocycles. The molecule has 148 valence electrons. The predicted molar refractivity (Wildman–Crippen MR) is 110 cm³/mol. The van der Waals surface area contributed by atoms with Crippen LogP contribution in [0.1, 0.15) is 48.2 Å². The van der Waals surface area contributed by atoms with Gasteiger partial charge in [0.15, 0.2) is 0 Å². The van der Waals surface area contributed by atoms with Gasteiger partial charge in [-0.15, -0.1) is 0 Å². The van der Waals surface area contributed by atoms with E-state index in [0.717, 1.165) is 43.8 Å². The average Bonchev–Trinajstić information content (AvgIpc) is 3.27. The zero-order valence-corrected chi connectivity index (χ0v) is 16.4. The van der Waals surface area contributed by atoms with E-state index < -0.39 is 0 Å². The topological polar surface area (TPSA) is 45.7 Å². The van der Waals surface area contributed by atoms with Crippen LogP contribution in [0.2, 0.25) is 0 Å². The molecule has 4 rings (SSSR count). The number of benzene rings is 1. The molecule has 2 aliphatic rings. The smallest absolute Gasteiger partial charge is 0.254 e. The third-order valence-electron chi connectivity index (χ3n) is 5.65. The summed E-state index contributed by atoms with van der Waals surface area (Å²) in [5, 5.41) is 0. The number of hydrogen-bond donors (Lipinski definition) is 0. The summed E-state index contributed by atoms with van der Waals surface area (Å²) in [6.45, 7) is 4.13. The second-order valence-corrected chi connectivity index (χ2v) is 7.74. The molecule has 0 saturated carbocycles. The van der Waals surface area contributed by atoms with Crippen molar-refractivity contribution in [1.29, 1.82) is 0 Å². The number of aromatic nitrogens is 1. The van der Waals surface area contributed by atoms with Crippen molar-refractivity contribution in [3.63, 3.8) is 0 Å². The maximum absolute atomic E-state index is 13.3. The fraction of sp³-hybridized carbons (Fsp3) is 0.478. The maximum Gasteiger partial charge on any atom is 0.254 e. The van der Waals surface area contributed by atoms with Crippen molar-refractivity contribution in [1.82, 2.24) is 9.88 Å². The van der Waals surface area contributed by atoms with Gasteiger partial charge >= 0.3 is 0 Å². The molecule has 2 aromatic rings. The highest BCUT2D eigenvalue weighted by molar-refractivity contribution is 5.94. The minimum atomic E-state index is 0.0475. The SMILES string of the molecule is O=C(c1ccc(N2CCCCC2)cc1)N(Cc1ccccn1)C[C@H]1CCCO1. The molecular formula is C23H29N3O2. The van der Waals surface area contributed by atoms with Crippen LogP contribution in [-0.4, -0.2) is 48.1 Å². The van der Waals surface area contributed by atoms with Crippen LogP contribution in [-0.2, 0) is 11.3 Å². The van der Waals surface area contributed by atoms with Gasteiger partial charge in [0, 0.05) is 43.7 Å². The molecular weight excluding hydrogens is 350 g/mol. The van der Waals surface area contributed by atoms with Gasteiger partial charge in [0.1, 0.15) is 0 Å². The van der Waals surface area contributed by atoms with Crippen molar-refractivity contribution in [3.05, 3.63) is 59.9 Å². The van der Waals surface area contributed by atoms with Crippen molar-refractivity contribution in [2.24, 2.45) is 0 Å². The number of pyridine rings is 1. The van der Waals surface area contributed by atoms with Gasteiger partial charge in [0.2, 0.25) is 0 Å². The van der Waals surface area contributed by atoms with Crippen molar-refractivity contribution in [3.8, 4) is 0 Å². The highest BCUT2D eigenvalue weighted by atomic mass is 16.5. The Bertz CT molecular complexity index is 751. The first-order valence-electron chi connectivity index (χ1n) is 10.5. The lowest BCUT2D eigenvalue weighted by molar-refractivity contribution is 0.0504. The summed E-state index contributed by atoms with van der Waals surface area (Å²) in [7, 11) is 0. The van der Waals surface area contributed by atoms with Crippen LogP contribution in [0.3, 0.4) is 0 Å². The summed E-state index contributed by atoms with van der Waals surface area (Å²) >= 11 is 0. The zero-order chi connectivity index (χ0) is 19.2. The van der Waals surface area contributed by atoms with Gasteiger partial charge in [-0.1, -0.05) is 6.07 Å². The van der Waals surface area contributed by atoms with Crippen LogP contribution in [0.5, 0.6) is 0 Å². The molecule has 5 heteroatoms. The summed E-state index contributed by atoms with van der Waals surface area (Å²) in [6.07, 6.45) is 7.80. The minimum absolute atomic E-state index is 0.0475. The van der Waals surface area contributed by atoms with Crippen LogP contribution >= 0.6 is 0 Å². The van der Waals surface area contributed by atoms with E-state index in [1.54, 1.807) is 6.20 Å². The number of ether oxygens (including phenoxy) is 1. The van der Waals surface area contributed by atoms with Gasteiger partial charge in [0.05, 0.1) is 18.3 Å². The fourth-order valence-electron chi connectivity index (χ4n) is 4.09. The quantitative estimate of drug-likeness (QED) is 0.764. The molecule has 1 aromatic carbocycles. The van der Waals surface area contributed by atoms with E-state index in [1.165, 1.54) is 24.9 Å². The Kier molecular flexibility index (Phi) is 6.22. The van der Waals surface area contributed by atoms with Gasteiger partial charge in [-0.3, -0.25) is 9.78 Å². The maximum atomic E-state index is 13.3. The number of amides is 1. The molecule has 5 nitrogen and oxygen atoms in total. The number of hydrogen-bond acceptors (Lipinski definition) is 4. The fourth-order valence-corrected chi connectivity index (χ4v) is 4.09. The van der Waals surface area contributed by atoms with E-state index in [-0.39, 0.29) is 12.0 Å². The van der Waals surface area contributed by atoms with E-state index in [0.29, 0.717) is 13.1 Å². The largest absolute Gasteiger partial charge is 0.376 e. The predicted octanol–water partition coefficient (Wildman–Crippen LogP) is 3.89. The van der Waals surface area contributed by atoms with Crippen LogP contribution < -0.4 is 4.90 Å². The average molecular weight is 380 g/mol. The highest BCUT2D eigenvalue weighted by Gasteiger charge is 2.24. The molecule has 0 aliphatic carbocycles. The standard InChI is InChI=1S/C23H29N3O2/c27-23(19-9-11-21(12-10-19)25-14-4-1-5-15-25)26(18-22-8-6-16-28-22)17-20-7-2-3-13-24-20/h2-3,7,9-13,22H,1,4-6,8,14-18H2/t22-/m1/s1. The van der Waals surface area contributed by atoms with E-state index in [4.69, 9.17) is 4.74 Å². The Morgan fingerprint density at radius 3 is 2.57 bits per heavy atom. The zero-order valence-electron chi connectivity index (χ0n) is 16.4. The number of anilines is 1. The molecule has 0 N–H and O–H groups in total. The summed E-state index contributed by atoms with van der Waals surface area (Å²) in [5.41, 5.74) is 2.85. The lowest BCUT2D eigenvalue weighted by Crippen LogP contribution is -2.37. The Morgan fingerprint density at radius 1 is 1.07 bits per heavy atom.